The van der Waals surface area contributed by atoms with Gasteiger partial charge in [-0.1, -0.05) is 23.8 Å². The van der Waals surface area contributed by atoms with Gasteiger partial charge in [0.25, 0.3) is 0 Å². The molecular formula is C15H24N2. The second kappa shape index (κ2) is 5.65. The number of likely N-dealkylation sites (tertiary alicyclic amines) is 1. The van der Waals surface area contributed by atoms with Gasteiger partial charge in [-0.15, -0.1) is 0 Å². The molecule has 0 amide bonds. The van der Waals surface area contributed by atoms with Crippen molar-refractivity contribution in [2.45, 2.75) is 32.6 Å². The van der Waals surface area contributed by atoms with Crippen LogP contribution in [0.2, 0.25) is 0 Å². The van der Waals surface area contributed by atoms with Crippen molar-refractivity contribution in [2.24, 2.45) is 5.73 Å². The van der Waals surface area contributed by atoms with Crippen LogP contribution in [-0.2, 0) is 0 Å². The van der Waals surface area contributed by atoms with E-state index < -0.39 is 0 Å². The van der Waals surface area contributed by atoms with E-state index in [1.165, 1.54) is 42.6 Å². The van der Waals surface area contributed by atoms with E-state index >= 15 is 0 Å². The number of nitrogens with zero attached hydrogens (tertiary/aromatic N) is 1. The Labute approximate surface area is 105 Å². The maximum absolute atomic E-state index is 5.96. The minimum absolute atomic E-state index is 0.494. The van der Waals surface area contributed by atoms with Crippen LogP contribution in [0, 0.1) is 13.8 Å². The lowest BCUT2D eigenvalue weighted by Gasteiger charge is -2.24. The van der Waals surface area contributed by atoms with Gasteiger partial charge < -0.3 is 10.6 Å². The number of benzene rings is 1. The van der Waals surface area contributed by atoms with E-state index in [4.69, 9.17) is 5.73 Å². The molecule has 1 heterocycles. The molecule has 2 N–H and O–H groups in total. The first-order valence-corrected chi connectivity index (χ1v) is 6.70. The molecule has 0 saturated carbocycles. The predicted molar refractivity (Wildman–Crippen MR) is 73.4 cm³/mol. The van der Waals surface area contributed by atoms with Crippen LogP contribution in [0.3, 0.4) is 0 Å². The van der Waals surface area contributed by atoms with Crippen molar-refractivity contribution in [2.75, 3.05) is 26.2 Å². The van der Waals surface area contributed by atoms with E-state index in [1.54, 1.807) is 0 Å². The lowest BCUT2D eigenvalue weighted by atomic mass is 9.93. The zero-order valence-corrected chi connectivity index (χ0v) is 11.1. The maximum Gasteiger partial charge on any atom is 0.00914 e. The Balaban J connectivity index is 2.10. The van der Waals surface area contributed by atoms with Crippen molar-refractivity contribution < 1.29 is 0 Å². The molecule has 1 aromatic rings. The second-order valence-electron chi connectivity index (χ2n) is 5.30. The van der Waals surface area contributed by atoms with Gasteiger partial charge in [0.1, 0.15) is 0 Å². The third-order valence-corrected chi connectivity index (χ3v) is 3.83. The van der Waals surface area contributed by atoms with E-state index in [1.807, 2.05) is 0 Å². The fourth-order valence-corrected chi connectivity index (χ4v) is 2.86. The summed E-state index contributed by atoms with van der Waals surface area (Å²) in [5, 5.41) is 0. The average Bonchev–Trinajstić information content (AvgIpc) is 2.79. The second-order valence-corrected chi connectivity index (χ2v) is 5.30. The molecule has 0 aliphatic carbocycles. The molecule has 17 heavy (non-hydrogen) atoms. The van der Waals surface area contributed by atoms with Crippen LogP contribution in [0.4, 0.5) is 0 Å². The summed E-state index contributed by atoms with van der Waals surface area (Å²) in [4.78, 5) is 2.55. The summed E-state index contributed by atoms with van der Waals surface area (Å²) in [6.45, 7) is 8.73. The van der Waals surface area contributed by atoms with Gasteiger partial charge in [-0.2, -0.15) is 0 Å². The zero-order valence-electron chi connectivity index (χ0n) is 11.1. The highest BCUT2D eigenvalue weighted by Gasteiger charge is 2.19. The summed E-state index contributed by atoms with van der Waals surface area (Å²) in [6, 6.07) is 6.73. The quantitative estimate of drug-likeness (QED) is 0.864. The van der Waals surface area contributed by atoms with Gasteiger partial charge in [-0.3, -0.25) is 0 Å². The minimum Gasteiger partial charge on any atom is -0.330 e. The molecule has 0 spiro atoms. The van der Waals surface area contributed by atoms with Crippen LogP contribution in [0.15, 0.2) is 18.2 Å². The Kier molecular flexibility index (Phi) is 4.19. The Morgan fingerprint density at radius 3 is 2.53 bits per heavy atom. The molecule has 1 atom stereocenters. The van der Waals surface area contributed by atoms with Crippen LogP contribution in [0.5, 0.6) is 0 Å². The van der Waals surface area contributed by atoms with Crippen molar-refractivity contribution >= 4 is 0 Å². The lowest BCUT2D eigenvalue weighted by Crippen LogP contribution is -2.29. The van der Waals surface area contributed by atoms with Gasteiger partial charge in [0.05, 0.1) is 0 Å². The third kappa shape index (κ3) is 3.08. The molecule has 2 rings (SSSR count). The summed E-state index contributed by atoms with van der Waals surface area (Å²) in [5.74, 6) is 0.494. The Morgan fingerprint density at radius 2 is 1.94 bits per heavy atom. The summed E-state index contributed by atoms with van der Waals surface area (Å²) >= 11 is 0. The highest BCUT2D eigenvalue weighted by molar-refractivity contribution is 5.33. The van der Waals surface area contributed by atoms with Crippen LogP contribution in [-0.4, -0.2) is 31.1 Å². The van der Waals surface area contributed by atoms with E-state index in [-0.39, 0.29) is 0 Å². The van der Waals surface area contributed by atoms with E-state index in [2.05, 4.69) is 36.9 Å². The molecule has 1 aliphatic rings. The van der Waals surface area contributed by atoms with Crippen molar-refractivity contribution in [1.82, 2.24) is 4.90 Å². The molecule has 0 bridgehead atoms. The number of hydrogen-bond donors (Lipinski definition) is 1. The topological polar surface area (TPSA) is 29.3 Å². The van der Waals surface area contributed by atoms with Crippen LogP contribution in [0.1, 0.15) is 35.4 Å². The Bertz CT molecular complexity index is 367. The van der Waals surface area contributed by atoms with E-state index in [0.29, 0.717) is 5.92 Å². The predicted octanol–water partition coefficient (Wildman–Crippen LogP) is 2.44. The van der Waals surface area contributed by atoms with Crippen LogP contribution < -0.4 is 5.73 Å². The monoisotopic (exact) mass is 232 g/mol. The molecule has 1 saturated heterocycles. The molecule has 0 radical (unpaired) electrons. The van der Waals surface area contributed by atoms with Crippen molar-refractivity contribution in [3.63, 3.8) is 0 Å². The van der Waals surface area contributed by atoms with Crippen molar-refractivity contribution in [3.8, 4) is 0 Å². The smallest absolute Gasteiger partial charge is 0.00914 e. The van der Waals surface area contributed by atoms with Gasteiger partial charge in [0.15, 0.2) is 0 Å². The SMILES string of the molecule is Cc1ccc(C(CN)CN2CCCC2)c(C)c1. The highest BCUT2D eigenvalue weighted by atomic mass is 15.1. The van der Waals surface area contributed by atoms with Gasteiger partial charge in [-0.25, -0.2) is 0 Å². The lowest BCUT2D eigenvalue weighted by molar-refractivity contribution is 0.315. The molecule has 94 valence electrons. The van der Waals surface area contributed by atoms with Crippen LogP contribution in [0.25, 0.3) is 0 Å². The van der Waals surface area contributed by atoms with Gasteiger partial charge in [0.2, 0.25) is 0 Å². The fourth-order valence-electron chi connectivity index (χ4n) is 2.86. The number of nitrogens with two attached hydrogens (primary N) is 1. The number of hydrogen-bond acceptors (Lipinski definition) is 2. The largest absolute Gasteiger partial charge is 0.330 e. The van der Waals surface area contributed by atoms with E-state index in [9.17, 15) is 0 Å². The number of aryl methyl sites for hydroxylation is 2. The first-order chi connectivity index (χ1) is 8.20. The van der Waals surface area contributed by atoms with E-state index in [0.717, 1.165) is 13.1 Å². The van der Waals surface area contributed by atoms with Gasteiger partial charge in [-0.05, 0) is 50.9 Å². The minimum atomic E-state index is 0.494. The standard InChI is InChI=1S/C15H24N2/c1-12-5-6-15(13(2)9-12)14(10-16)11-17-7-3-4-8-17/h5-6,9,14H,3-4,7-8,10-11,16H2,1-2H3. The molecular weight excluding hydrogens is 208 g/mol. The van der Waals surface area contributed by atoms with Crippen molar-refractivity contribution in [3.05, 3.63) is 34.9 Å². The molecule has 1 aliphatic heterocycles. The summed E-state index contributed by atoms with van der Waals surface area (Å²) in [6.07, 6.45) is 2.70. The molecule has 2 nitrogen and oxygen atoms in total. The molecule has 1 unspecified atom stereocenters. The normalized spacial score (nSPS) is 18.5. The zero-order chi connectivity index (χ0) is 12.3. The van der Waals surface area contributed by atoms with Crippen molar-refractivity contribution in [1.29, 1.82) is 0 Å². The Hall–Kier alpha value is -0.860. The van der Waals surface area contributed by atoms with Gasteiger partial charge >= 0.3 is 0 Å². The molecule has 2 heteroatoms. The number of rotatable bonds is 4. The first-order valence-electron chi connectivity index (χ1n) is 6.70. The molecule has 1 aromatic carbocycles. The van der Waals surface area contributed by atoms with Gasteiger partial charge in [0, 0.05) is 19.0 Å². The summed E-state index contributed by atoms with van der Waals surface area (Å²) in [7, 11) is 0. The molecule has 0 aromatic heterocycles. The average molecular weight is 232 g/mol. The summed E-state index contributed by atoms with van der Waals surface area (Å²) < 4.78 is 0. The third-order valence-electron chi connectivity index (χ3n) is 3.83. The maximum atomic E-state index is 5.96. The first kappa shape index (κ1) is 12.6. The van der Waals surface area contributed by atoms with Crippen LogP contribution >= 0.6 is 0 Å². The Morgan fingerprint density at radius 1 is 1.24 bits per heavy atom. The fraction of sp³-hybridized carbons (Fsp3) is 0.600. The summed E-state index contributed by atoms with van der Waals surface area (Å²) in [5.41, 5.74) is 10.1. The molecule has 1 fully saturated rings. The highest BCUT2D eigenvalue weighted by Crippen LogP contribution is 2.22.